The Labute approximate surface area is 139 Å². The number of rotatable bonds is 5. The number of pyridine rings is 1. The van der Waals surface area contributed by atoms with Gasteiger partial charge >= 0.3 is 0 Å². The summed E-state index contributed by atoms with van der Waals surface area (Å²) in [6, 6.07) is 7.54. The van der Waals surface area contributed by atoms with Crippen LogP contribution < -0.4 is 10.3 Å². The number of nitrogens with zero attached hydrogens (tertiary/aromatic N) is 3. The maximum Gasteiger partial charge on any atom is 0.261 e. The Hall–Kier alpha value is -2.73. The van der Waals surface area contributed by atoms with Gasteiger partial charge in [0.2, 0.25) is 0 Å². The van der Waals surface area contributed by atoms with Crippen LogP contribution in [-0.4, -0.2) is 32.4 Å². The number of aliphatic hydroxyl groups is 1. The van der Waals surface area contributed by atoms with E-state index in [-0.39, 0.29) is 18.7 Å². The standard InChI is InChI=1S/C18H19N3O3/c1-12-3-4-13(2)17(7-12)24-10-14(22)9-21-11-20-16-8-19-6-5-15(16)18(21)23/h3-8,11,14,22H,9-10H2,1-2H3/t14-/m1/s1. The fourth-order valence-electron chi connectivity index (χ4n) is 2.47. The summed E-state index contributed by atoms with van der Waals surface area (Å²) in [5.41, 5.74) is 2.44. The molecule has 6 nitrogen and oxygen atoms in total. The summed E-state index contributed by atoms with van der Waals surface area (Å²) in [5.74, 6) is 0.740. The molecule has 2 heterocycles. The molecule has 1 N–H and O–H groups in total. The van der Waals surface area contributed by atoms with Crippen LogP contribution in [-0.2, 0) is 6.54 Å². The lowest BCUT2D eigenvalue weighted by Gasteiger charge is -2.15. The summed E-state index contributed by atoms with van der Waals surface area (Å²) in [5, 5.41) is 10.7. The second-order valence-corrected chi connectivity index (χ2v) is 5.83. The van der Waals surface area contributed by atoms with E-state index >= 15 is 0 Å². The third kappa shape index (κ3) is 3.44. The van der Waals surface area contributed by atoms with Gasteiger partial charge in [-0.15, -0.1) is 0 Å². The molecular weight excluding hydrogens is 306 g/mol. The number of fused-ring (bicyclic) bond motifs is 1. The van der Waals surface area contributed by atoms with Crippen molar-refractivity contribution in [1.82, 2.24) is 14.5 Å². The monoisotopic (exact) mass is 325 g/mol. The van der Waals surface area contributed by atoms with E-state index in [1.54, 1.807) is 18.5 Å². The fraction of sp³-hybridized carbons (Fsp3) is 0.278. The topological polar surface area (TPSA) is 77.2 Å². The van der Waals surface area contributed by atoms with E-state index in [4.69, 9.17) is 4.74 Å². The molecule has 6 heteroatoms. The zero-order valence-corrected chi connectivity index (χ0v) is 13.6. The molecule has 0 bridgehead atoms. The molecule has 2 aromatic heterocycles. The highest BCUT2D eigenvalue weighted by atomic mass is 16.5. The lowest BCUT2D eigenvalue weighted by atomic mass is 10.1. The largest absolute Gasteiger partial charge is 0.491 e. The molecule has 0 aliphatic rings. The average molecular weight is 325 g/mol. The van der Waals surface area contributed by atoms with Crippen molar-refractivity contribution in [1.29, 1.82) is 0 Å². The SMILES string of the molecule is Cc1ccc(C)c(OC[C@H](O)Cn2cnc3cnccc3c2=O)c1. The second-order valence-electron chi connectivity index (χ2n) is 5.83. The Bertz CT molecular complexity index is 921. The van der Waals surface area contributed by atoms with Gasteiger partial charge in [0.25, 0.3) is 5.56 Å². The summed E-state index contributed by atoms with van der Waals surface area (Å²) in [6.07, 6.45) is 3.70. The average Bonchev–Trinajstić information content (AvgIpc) is 2.58. The third-order valence-electron chi connectivity index (χ3n) is 3.81. The molecule has 0 amide bonds. The van der Waals surface area contributed by atoms with Crippen LogP contribution in [0.5, 0.6) is 5.75 Å². The molecule has 0 saturated heterocycles. The highest BCUT2D eigenvalue weighted by Gasteiger charge is 2.11. The molecule has 24 heavy (non-hydrogen) atoms. The van der Waals surface area contributed by atoms with Crippen LogP contribution in [0.25, 0.3) is 10.9 Å². The van der Waals surface area contributed by atoms with Crippen molar-refractivity contribution in [3.05, 3.63) is 64.5 Å². The molecule has 0 fully saturated rings. The summed E-state index contributed by atoms with van der Waals surface area (Å²) in [4.78, 5) is 20.5. The summed E-state index contributed by atoms with van der Waals surface area (Å²) < 4.78 is 7.07. The zero-order valence-electron chi connectivity index (χ0n) is 13.6. The predicted molar refractivity (Wildman–Crippen MR) is 91.2 cm³/mol. The van der Waals surface area contributed by atoms with E-state index in [1.807, 2.05) is 32.0 Å². The number of aliphatic hydroxyl groups excluding tert-OH is 1. The van der Waals surface area contributed by atoms with Crippen molar-refractivity contribution in [3.8, 4) is 5.75 Å². The molecule has 0 unspecified atom stereocenters. The van der Waals surface area contributed by atoms with E-state index in [9.17, 15) is 9.90 Å². The summed E-state index contributed by atoms with van der Waals surface area (Å²) in [7, 11) is 0. The van der Waals surface area contributed by atoms with Gasteiger partial charge < -0.3 is 9.84 Å². The van der Waals surface area contributed by atoms with Gasteiger partial charge in [-0.1, -0.05) is 12.1 Å². The van der Waals surface area contributed by atoms with Crippen LogP contribution in [0.4, 0.5) is 0 Å². The minimum atomic E-state index is -0.816. The van der Waals surface area contributed by atoms with Crippen molar-refractivity contribution < 1.29 is 9.84 Å². The van der Waals surface area contributed by atoms with Gasteiger partial charge in [0.05, 0.1) is 30.0 Å². The maximum atomic E-state index is 12.4. The molecule has 1 aromatic carbocycles. The Morgan fingerprint density at radius 3 is 2.96 bits per heavy atom. The molecule has 0 spiro atoms. The number of hydrogen-bond acceptors (Lipinski definition) is 5. The van der Waals surface area contributed by atoms with E-state index in [0.717, 1.165) is 16.9 Å². The molecule has 0 radical (unpaired) electrons. The molecule has 0 saturated carbocycles. The number of aromatic nitrogens is 3. The smallest absolute Gasteiger partial charge is 0.261 e. The van der Waals surface area contributed by atoms with Crippen LogP contribution in [0.15, 0.2) is 47.8 Å². The lowest BCUT2D eigenvalue weighted by molar-refractivity contribution is 0.0911. The first kappa shape index (κ1) is 16.1. The molecule has 1 atom stereocenters. The van der Waals surface area contributed by atoms with E-state index < -0.39 is 6.10 Å². The normalized spacial score (nSPS) is 12.3. The minimum absolute atomic E-state index is 0.102. The molecule has 0 aliphatic heterocycles. The molecule has 3 aromatic rings. The van der Waals surface area contributed by atoms with Gasteiger partial charge in [0.1, 0.15) is 18.5 Å². The Morgan fingerprint density at radius 1 is 1.29 bits per heavy atom. The predicted octanol–water partition coefficient (Wildman–Crippen LogP) is 1.85. The Balaban J connectivity index is 1.71. The van der Waals surface area contributed by atoms with Crippen molar-refractivity contribution >= 4 is 10.9 Å². The van der Waals surface area contributed by atoms with Crippen LogP contribution >= 0.6 is 0 Å². The van der Waals surface area contributed by atoms with Crippen molar-refractivity contribution in [2.75, 3.05) is 6.61 Å². The number of hydrogen-bond donors (Lipinski definition) is 1. The van der Waals surface area contributed by atoms with Gasteiger partial charge in [0.15, 0.2) is 0 Å². The van der Waals surface area contributed by atoms with Gasteiger partial charge in [-0.25, -0.2) is 4.98 Å². The molecule has 3 rings (SSSR count). The van der Waals surface area contributed by atoms with Crippen molar-refractivity contribution in [2.24, 2.45) is 0 Å². The number of benzene rings is 1. The zero-order chi connectivity index (χ0) is 17.1. The molecule has 124 valence electrons. The van der Waals surface area contributed by atoms with Crippen LogP contribution in [0, 0.1) is 13.8 Å². The van der Waals surface area contributed by atoms with E-state index in [0.29, 0.717) is 10.9 Å². The Morgan fingerprint density at radius 2 is 2.12 bits per heavy atom. The summed E-state index contributed by atoms with van der Waals surface area (Å²) in [6.45, 7) is 4.16. The second kappa shape index (κ2) is 6.80. The Kier molecular flexibility index (Phi) is 4.57. The fourth-order valence-corrected chi connectivity index (χ4v) is 2.47. The molecule has 0 aliphatic carbocycles. The quantitative estimate of drug-likeness (QED) is 0.774. The number of aryl methyl sites for hydroxylation is 2. The number of ether oxygens (including phenoxy) is 1. The first-order valence-electron chi connectivity index (χ1n) is 7.72. The maximum absolute atomic E-state index is 12.4. The van der Waals surface area contributed by atoms with Gasteiger partial charge in [-0.2, -0.15) is 0 Å². The van der Waals surface area contributed by atoms with Crippen LogP contribution in [0.2, 0.25) is 0 Å². The van der Waals surface area contributed by atoms with Crippen LogP contribution in [0.3, 0.4) is 0 Å². The molecular formula is C18H19N3O3. The van der Waals surface area contributed by atoms with Gasteiger partial charge in [-0.3, -0.25) is 14.3 Å². The first-order valence-corrected chi connectivity index (χ1v) is 7.72. The van der Waals surface area contributed by atoms with E-state index in [1.165, 1.54) is 10.9 Å². The van der Waals surface area contributed by atoms with Crippen LogP contribution in [0.1, 0.15) is 11.1 Å². The first-order chi connectivity index (χ1) is 11.5. The highest BCUT2D eigenvalue weighted by Crippen LogP contribution is 2.19. The van der Waals surface area contributed by atoms with Crippen molar-refractivity contribution in [2.45, 2.75) is 26.5 Å². The highest BCUT2D eigenvalue weighted by molar-refractivity contribution is 5.75. The third-order valence-corrected chi connectivity index (χ3v) is 3.81. The van der Waals surface area contributed by atoms with Crippen molar-refractivity contribution in [3.63, 3.8) is 0 Å². The minimum Gasteiger partial charge on any atom is -0.491 e. The van der Waals surface area contributed by atoms with Gasteiger partial charge in [0, 0.05) is 6.20 Å². The lowest BCUT2D eigenvalue weighted by Crippen LogP contribution is -2.30. The summed E-state index contributed by atoms with van der Waals surface area (Å²) >= 11 is 0. The van der Waals surface area contributed by atoms with Gasteiger partial charge in [-0.05, 0) is 37.1 Å². The van der Waals surface area contributed by atoms with E-state index in [2.05, 4.69) is 9.97 Å².